The quantitative estimate of drug-likeness (QED) is 0.826. The molecule has 1 aromatic carbocycles. The fourth-order valence-corrected chi connectivity index (χ4v) is 2.56. The van der Waals surface area contributed by atoms with E-state index in [1.54, 1.807) is 0 Å². The molecule has 19 heavy (non-hydrogen) atoms. The van der Waals surface area contributed by atoms with E-state index in [1.165, 1.54) is 22.3 Å². The van der Waals surface area contributed by atoms with E-state index in [9.17, 15) is 5.11 Å². The van der Waals surface area contributed by atoms with Gasteiger partial charge in [0.1, 0.15) is 0 Å². The van der Waals surface area contributed by atoms with Gasteiger partial charge in [0, 0.05) is 13.0 Å². The number of hydrogen-bond acceptors (Lipinski definition) is 2. The number of rotatable bonds is 6. The summed E-state index contributed by atoms with van der Waals surface area (Å²) >= 11 is 0. The van der Waals surface area contributed by atoms with Crippen molar-refractivity contribution < 1.29 is 5.11 Å². The second-order valence-corrected chi connectivity index (χ2v) is 6.58. The molecule has 0 aliphatic heterocycles. The lowest BCUT2D eigenvalue weighted by Crippen LogP contribution is -2.41. The number of nitrogens with one attached hydrogen (secondary N) is 1. The molecule has 2 nitrogen and oxygen atoms in total. The number of aryl methyl sites for hydroxylation is 3. The first-order chi connectivity index (χ1) is 8.71. The highest BCUT2D eigenvalue weighted by Crippen LogP contribution is 2.21. The Labute approximate surface area is 118 Å². The smallest absolute Gasteiger partial charge is 0.0783 e. The summed E-state index contributed by atoms with van der Waals surface area (Å²) in [6.45, 7) is 14.2. The first kappa shape index (κ1) is 16.2. The molecule has 108 valence electrons. The first-order valence-corrected chi connectivity index (χ1v) is 7.21. The van der Waals surface area contributed by atoms with Gasteiger partial charge in [-0.05, 0) is 56.8 Å². The second-order valence-electron chi connectivity index (χ2n) is 6.58. The molecule has 0 aliphatic carbocycles. The second kappa shape index (κ2) is 6.53. The van der Waals surface area contributed by atoms with Crippen LogP contribution in [0.25, 0.3) is 0 Å². The van der Waals surface area contributed by atoms with E-state index in [2.05, 4.69) is 52.1 Å². The van der Waals surface area contributed by atoms with Gasteiger partial charge in [-0.15, -0.1) is 0 Å². The highest BCUT2D eigenvalue weighted by molar-refractivity contribution is 5.38. The summed E-state index contributed by atoms with van der Waals surface area (Å²) < 4.78 is 0. The third kappa shape index (κ3) is 5.33. The van der Waals surface area contributed by atoms with Gasteiger partial charge in [-0.25, -0.2) is 0 Å². The molecule has 0 spiro atoms. The van der Waals surface area contributed by atoms with E-state index in [0.29, 0.717) is 18.9 Å². The fourth-order valence-electron chi connectivity index (χ4n) is 2.56. The van der Waals surface area contributed by atoms with Gasteiger partial charge in [0.2, 0.25) is 0 Å². The lowest BCUT2D eigenvalue weighted by molar-refractivity contribution is 0.0592. The molecule has 0 aromatic heterocycles. The van der Waals surface area contributed by atoms with Crippen molar-refractivity contribution in [2.24, 2.45) is 5.92 Å². The van der Waals surface area contributed by atoms with Gasteiger partial charge in [-0.2, -0.15) is 0 Å². The average Bonchev–Trinajstić information content (AvgIpc) is 2.22. The molecule has 1 aromatic rings. The maximum atomic E-state index is 10.5. The molecule has 2 N–H and O–H groups in total. The van der Waals surface area contributed by atoms with Crippen LogP contribution in [0.3, 0.4) is 0 Å². The summed E-state index contributed by atoms with van der Waals surface area (Å²) in [4.78, 5) is 0. The first-order valence-electron chi connectivity index (χ1n) is 7.21. The molecule has 0 radical (unpaired) electrons. The van der Waals surface area contributed by atoms with Crippen molar-refractivity contribution in [3.63, 3.8) is 0 Å². The Morgan fingerprint density at radius 1 is 1.16 bits per heavy atom. The Morgan fingerprint density at radius 3 is 2.16 bits per heavy atom. The van der Waals surface area contributed by atoms with Gasteiger partial charge in [-0.3, -0.25) is 0 Å². The van der Waals surface area contributed by atoms with Crippen LogP contribution < -0.4 is 5.32 Å². The molecular weight excluding hydrogens is 234 g/mol. The minimum absolute atomic E-state index is 0.610. The number of hydrogen-bond donors (Lipinski definition) is 2. The molecule has 0 saturated carbocycles. The Morgan fingerprint density at radius 2 is 1.68 bits per heavy atom. The van der Waals surface area contributed by atoms with Crippen molar-refractivity contribution in [2.75, 3.05) is 13.1 Å². The zero-order valence-corrected chi connectivity index (χ0v) is 13.3. The molecule has 0 amide bonds. The van der Waals surface area contributed by atoms with Crippen molar-refractivity contribution in [3.05, 3.63) is 34.4 Å². The van der Waals surface area contributed by atoms with Crippen molar-refractivity contribution in [3.8, 4) is 0 Å². The van der Waals surface area contributed by atoms with Crippen LogP contribution in [0, 0.1) is 26.7 Å². The van der Waals surface area contributed by atoms with E-state index in [4.69, 9.17) is 0 Å². The highest BCUT2D eigenvalue weighted by atomic mass is 16.3. The zero-order valence-electron chi connectivity index (χ0n) is 13.3. The summed E-state index contributed by atoms with van der Waals surface area (Å²) in [7, 11) is 0. The molecule has 1 unspecified atom stereocenters. The minimum atomic E-state index is -0.695. The third-order valence-electron chi connectivity index (χ3n) is 3.46. The predicted octanol–water partition coefficient (Wildman–Crippen LogP) is 3.15. The van der Waals surface area contributed by atoms with Crippen LogP contribution in [-0.2, 0) is 6.42 Å². The van der Waals surface area contributed by atoms with Gasteiger partial charge in [-0.1, -0.05) is 31.5 Å². The lowest BCUT2D eigenvalue weighted by Gasteiger charge is -2.26. The Bertz CT molecular complexity index is 398. The van der Waals surface area contributed by atoms with Crippen molar-refractivity contribution in [1.82, 2.24) is 5.32 Å². The number of benzene rings is 1. The Hall–Kier alpha value is -0.860. The maximum Gasteiger partial charge on any atom is 0.0783 e. The van der Waals surface area contributed by atoms with Gasteiger partial charge in [0.05, 0.1) is 5.60 Å². The molecule has 0 bridgehead atoms. The van der Waals surface area contributed by atoms with Crippen LogP contribution in [0.5, 0.6) is 0 Å². The van der Waals surface area contributed by atoms with Gasteiger partial charge >= 0.3 is 0 Å². The monoisotopic (exact) mass is 263 g/mol. The highest BCUT2D eigenvalue weighted by Gasteiger charge is 2.22. The van der Waals surface area contributed by atoms with Crippen LogP contribution in [0.1, 0.15) is 43.0 Å². The van der Waals surface area contributed by atoms with Gasteiger partial charge in [0.15, 0.2) is 0 Å². The summed E-state index contributed by atoms with van der Waals surface area (Å²) in [5, 5.41) is 13.9. The van der Waals surface area contributed by atoms with Gasteiger partial charge in [0.25, 0.3) is 0 Å². The molecule has 1 rings (SSSR count). The van der Waals surface area contributed by atoms with Crippen LogP contribution in [0.2, 0.25) is 0 Å². The van der Waals surface area contributed by atoms with Crippen LogP contribution >= 0.6 is 0 Å². The maximum absolute atomic E-state index is 10.5. The predicted molar refractivity (Wildman–Crippen MR) is 82.7 cm³/mol. The Kier molecular flexibility index (Phi) is 5.57. The molecular formula is C17H29NO. The van der Waals surface area contributed by atoms with E-state index >= 15 is 0 Å². The average molecular weight is 263 g/mol. The van der Waals surface area contributed by atoms with Crippen LogP contribution in [0.15, 0.2) is 12.1 Å². The minimum Gasteiger partial charge on any atom is -0.389 e. The standard InChI is InChI=1S/C17H29NO/c1-12(2)10-18-11-17(6,19)9-16-14(4)7-13(3)8-15(16)5/h7-8,12,18-19H,9-11H2,1-6H3. The van der Waals surface area contributed by atoms with E-state index in [0.717, 1.165) is 6.54 Å². The molecule has 0 aliphatic rings. The van der Waals surface area contributed by atoms with Crippen molar-refractivity contribution in [2.45, 2.75) is 53.6 Å². The van der Waals surface area contributed by atoms with E-state index in [1.807, 2.05) is 6.92 Å². The lowest BCUT2D eigenvalue weighted by atomic mass is 9.89. The van der Waals surface area contributed by atoms with Crippen molar-refractivity contribution in [1.29, 1.82) is 0 Å². The Balaban J connectivity index is 2.72. The fraction of sp³-hybridized carbons (Fsp3) is 0.647. The normalized spacial score (nSPS) is 14.7. The molecule has 0 fully saturated rings. The number of aliphatic hydroxyl groups is 1. The largest absolute Gasteiger partial charge is 0.389 e. The van der Waals surface area contributed by atoms with E-state index in [-0.39, 0.29) is 0 Å². The SMILES string of the molecule is Cc1cc(C)c(CC(C)(O)CNCC(C)C)c(C)c1. The molecule has 0 saturated heterocycles. The molecule has 1 atom stereocenters. The van der Waals surface area contributed by atoms with Gasteiger partial charge < -0.3 is 10.4 Å². The molecule has 0 heterocycles. The zero-order chi connectivity index (χ0) is 14.6. The third-order valence-corrected chi connectivity index (χ3v) is 3.46. The summed E-state index contributed by atoms with van der Waals surface area (Å²) in [5.74, 6) is 0.610. The van der Waals surface area contributed by atoms with Crippen molar-refractivity contribution >= 4 is 0 Å². The summed E-state index contributed by atoms with van der Waals surface area (Å²) in [5.41, 5.74) is 4.43. The molecule has 2 heteroatoms. The topological polar surface area (TPSA) is 32.3 Å². The van der Waals surface area contributed by atoms with E-state index < -0.39 is 5.60 Å². The summed E-state index contributed by atoms with van der Waals surface area (Å²) in [6, 6.07) is 4.39. The van der Waals surface area contributed by atoms with Crippen LogP contribution in [-0.4, -0.2) is 23.8 Å². The summed E-state index contributed by atoms with van der Waals surface area (Å²) in [6.07, 6.45) is 0.704. The van der Waals surface area contributed by atoms with Crippen LogP contribution in [0.4, 0.5) is 0 Å².